The minimum absolute atomic E-state index is 0.0947. The second kappa shape index (κ2) is 10.6. The molecule has 1 saturated carbocycles. The minimum Gasteiger partial charge on any atom is -0.462 e. The topological polar surface area (TPSA) is 127 Å². The highest BCUT2D eigenvalue weighted by Crippen LogP contribution is 2.30. The van der Waals surface area contributed by atoms with Crippen LogP contribution in [0, 0.1) is 11.8 Å². The number of amides is 1. The molecule has 1 aliphatic rings. The van der Waals surface area contributed by atoms with Gasteiger partial charge in [0.25, 0.3) is 0 Å². The second-order valence-electron chi connectivity index (χ2n) is 8.25. The molecule has 1 heterocycles. The van der Waals surface area contributed by atoms with E-state index in [-0.39, 0.29) is 29.2 Å². The summed E-state index contributed by atoms with van der Waals surface area (Å²) < 4.78 is 41.5. The van der Waals surface area contributed by atoms with E-state index >= 15 is 0 Å². The molecule has 11 heteroatoms. The Morgan fingerprint density at radius 1 is 1.09 bits per heavy atom. The van der Waals surface area contributed by atoms with Gasteiger partial charge in [-0.2, -0.15) is 8.75 Å². The molecule has 0 saturated heterocycles. The van der Waals surface area contributed by atoms with Gasteiger partial charge in [0.05, 0.1) is 23.9 Å². The SMILES string of the molecule is CCOC(=O)c1cccc(NC(=O)C2CCC(CNS(=O)(=O)c3cccc4nsnc34)CC2)c1. The average Bonchev–Trinajstić information content (AvgIpc) is 3.32. The predicted molar refractivity (Wildman–Crippen MR) is 129 cm³/mol. The van der Waals surface area contributed by atoms with Gasteiger partial charge in [0.2, 0.25) is 15.9 Å². The van der Waals surface area contributed by atoms with Crippen LogP contribution in [0.25, 0.3) is 11.0 Å². The molecule has 0 unspecified atom stereocenters. The lowest BCUT2D eigenvalue weighted by atomic mass is 9.81. The first-order valence-corrected chi connectivity index (χ1v) is 13.4. The smallest absolute Gasteiger partial charge is 0.338 e. The number of nitrogens with one attached hydrogen (secondary N) is 2. The zero-order chi connectivity index (χ0) is 24.1. The van der Waals surface area contributed by atoms with E-state index in [0.717, 1.165) is 24.6 Å². The van der Waals surface area contributed by atoms with Gasteiger partial charge in [-0.3, -0.25) is 4.79 Å². The Labute approximate surface area is 202 Å². The molecule has 2 N–H and O–H groups in total. The van der Waals surface area contributed by atoms with E-state index < -0.39 is 16.0 Å². The maximum atomic E-state index is 12.8. The Morgan fingerprint density at radius 3 is 2.62 bits per heavy atom. The van der Waals surface area contributed by atoms with Crippen LogP contribution in [-0.4, -0.2) is 42.2 Å². The van der Waals surface area contributed by atoms with Crippen LogP contribution in [-0.2, 0) is 19.6 Å². The minimum atomic E-state index is -3.70. The second-order valence-corrected chi connectivity index (χ2v) is 10.5. The van der Waals surface area contributed by atoms with Gasteiger partial charge in [0, 0.05) is 18.2 Å². The fraction of sp³-hybridized carbons (Fsp3) is 0.391. The summed E-state index contributed by atoms with van der Waals surface area (Å²) in [5, 5.41) is 2.89. The van der Waals surface area contributed by atoms with Gasteiger partial charge in [0.15, 0.2) is 0 Å². The third kappa shape index (κ3) is 5.60. The normalized spacial score (nSPS) is 18.5. The summed E-state index contributed by atoms with van der Waals surface area (Å²) in [6.07, 6.45) is 2.82. The highest BCUT2D eigenvalue weighted by Gasteiger charge is 2.28. The Bertz CT molecular complexity index is 1280. The number of hydrogen-bond acceptors (Lipinski definition) is 8. The van der Waals surface area contributed by atoms with Gasteiger partial charge in [-0.25, -0.2) is 17.9 Å². The molecule has 0 atom stereocenters. The number of ether oxygens (including phenoxy) is 1. The van der Waals surface area contributed by atoms with Gasteiger partial charge in [-0.1, -0.05) is 12.1 Å². The number of carbonyl (C=O) groups excluding carboxylic acids is 2. The molecular formula is C23H26N4O5S2. The van der Waals surface area contributed by atoms with Gasteiger partial charge in [0.1, 0.15) is 15.9 Å². The molecule has 1 aromatic heterocycles. The molecule has 0 aliphatic heterocycles. The summed E-state index contributed by atoms with van der Waals surface area (Å²) in [7, 11) is -3.70. The van der Waals surface area contributed by atoms with Crippen LogP contribution in [0.2, 0.25) is 0 Å². The number of hydrogen-bond donors (Lipinski definition) is 2. The quantitative estimate of drug-likeness (QED) is 0.451. The molecule has 1 fully saturated rings. The van der Waals surface area contributed by atoms with Crippen molar-refractivity contribution in [2.24, 2.45) is 11.8 Å². The molecule has 3 aromatic rings. The van der Waals surface area contributed by atoms with Crippen molar-refractivity contribution in [3.63, 3.8) is 0 Å². The Hall–Kier alpha value is -2.89. The molecule has 34 heavy (non-hydrogen) atoms. The third-order valence-electron chi connectivity index (χ3n) is 5.96. The van der Waals surface area contributed by atoms with E-state index in [2.05, 4.69) is 18.8 Å². The summed E-state index contributed by atoms with van der Waals surface area (Å²) in [4.78, 5) is 24.8. The monoisotopic (exact) mass is 502 g/mol. The van der Waals surface area contributed by atoms with Crippen molar-refractivity contribution in [1.29, 1.82) is 0 Å². The Morgan fingerprint density at radius 2 is 1.85 bits per heavy atom. The summed E-state index contributed by atoms with van der Waals surface area (Å²) in [5.41, 5.74) is 1.88. The first-order chi connectivity index (χ1) is 16.4. The van der Waals surface area contributed by atoms with Crippen molar-refractivity contribution in [3.8, 4) is 0 Å². The van der Waals surface area contributed by atoms with E-state index in [4.69, 9.17) is 4.74 Å². The van der Waals surface area contributed by atoms with Crippen LogP contribution >= 0.6 is 11.7 Å². The molecule has 2 aromatic carbocycles. The number of carbonyl (C=O) groups is 2. The van der Waals surface area contributed by atoms with Crippen LogP contribution in [0.3, 0.4) is 0 Å². The van der Waals surface area contributed by atoms with Crippen molar-refractivity contribution in [2.45, 2.75) is 37.5 Å². The summed E-state index contributed by atoms with van der Waals surface area (Å²) in [5.74, 6) is -0.528. The molecule has 0 radical (unpaired) electrons. The number of sulfonamides is 1. The number of aromatic nitrogens is 2. The number of nitrogens with zero attached hydrogens (tertiary/aromatic N) is 2. The van der Waals surface area contributed by atoms with Gasteiger partial charge in [-0.05, 0) is 68.9 Å². The molecular weight excluding hydrogens is 476 g/mol. The van der Waals surface area contributed by atoms with E-state index in [1.165, 1.54) is 6.07 Å². The number of anilines is 1. The van der Waals surface area contributed by atoms with E-state index in [1.807, 2.05) is 0 Å². The zero-order valence-electron chi connectivity index (χ0n) is 18.7. The fourth-order valence-electron chi connectivity index (χ4n) is 4.11. The van der Waals surface area contributed by atoms with Crippen molar-refractivity contribution in [1.82, 2.24) is 13.5 Å². The molecule has 1 aliphatic carbocycles. The highest BCUT2D eigenvalue weighted by molar-refractivity contribution is 7.89. The maximum Gasteiger partial charge on any atom is 0.338 e. The highest BCUT2D eigenvalue weighted by atomic mass is 32.2. The number of rotatable bonds is 8. The lowest BCUT2D eigenvalue weighted by molar-refractivity contribution is -0.121. The molecule has 4 rings (SSSR count). The summed E-state index contributed by atoms with van der Waals surface area (Å²) >= 11 is 0.984. The van der Waals surface area contributed by atoms with E-state index in [1.54, 1.807) is 43.3 Å². The van der Waals surface area contributed by atoms with Gasteiger partial charge in [-0.15, -0.1) is 0 Å². The predicted octanol–water partition coefficient (Wildman–Crippen LogP) is 3.59. The summed E-state index contributed by atoms with van der Waals surface area (Å²) in [6.45, 7) is 2.34. The lowest BCUT2D eigenvalue weighted by Gasteiger charge is -2.28. The lowest BCUT2D eigenvalue weighted by Crippen LogP contribution is -2.33. The van der Waals surface area contributed by atoms with Crippen LogP contribution < -0.4 is 10.0 Å². The number of benzene rings is 2. The largest absolute Gasteiger partial charge is 0.462 e. The fourth-order valence-corrected chi connectivity index (χ4v) is 6.00. The van der Waals surface area contributed by atoms with Crippen LogP contribution in [0.4, 0.5) is 5.69 Å². The molecule has 0 spiro atoms. The van der Waals surface area contributed by atoms with Crippen molar-refractivity contribution in [3.05, 3.63) is 48.0 Å². The Kier molecular flexibility index (Phi) is 7.54. The number of fused-ring (bicyclic) bond motifs is 1. The van der Waals surface area contributed by atoms with Crippen molar-refractivity contribution in [2.75, 3.05) is 18.5 Å². The first-order valence-electron chi connectivity index (χ1n) is 11.2. The standard InChI is InChI=1S/C23H26N4O5S2/c1-2-32-23(29)17-5-3-6-18(13-17)25-22(28)16-11-9-15(10-12-16)14-24-34(30,31)20-8-4-7-19-21(20)27-33-26-19/h3-8,13,15-16,24H,2,9-12,14H2,1H3,(H,25,28). The van der Waals surface area contributed by atoms with E-state index in [9.17, 15) is 18.0 Å². The van der Waals surface area contributed by atoms with E-state index in [0.29, 0.717) is 41.7 Å². The molecule has 180 valence electrons. The average molecular weight is 503 g/mol. The molecule has 9 nitrogen and oxygen atoms in total. The van der Waals surface area contributed by atoms with Gasteiger partial charge >= 0.3 is 5.97 Å². The third-order valence-corrected chi connectivity index (χ3v) is 7.96. The van der Waals surface area contributed by atoms with Crippen LogP contribution in [0.15, 0.2) is 47.4 Å². The van der Waals surface area contributed by atoms with Crippen LogP contribution in [0.5, 0.6) is 0 Å². The van der Waals surface area contributed by atoms with Crippen molar-refractivity contribution < 1.29 is 22.7 Å². The van der Waals surface area contributed by atoms with Gasteiger partial charge < -0.3 is 10.1 Å². The molecule has 1 amide bonds. The maximum absolute atomic E-state index is 12.8. The molecule has 0 bridgehead atoms. The van der Waals surface area contributed by atoms with Crippen molar-refractivity contribution >= 4 is 50.3 Å². The zero-order valence-corrected chi connectivity index (χ0v) is 20.3. The summed E-state index contributed by atoms with van der Waals surface area (Å²) in [6, 6.07) is 11.6. The Balaban J connectivity index is 1.29. The number of esters is 1. The first kappa shape index (κ1) is 24.2. The van der Waals surface area contributed by atoms with Crippen LogP contribution in [0.1, 0.15) is 43.0 Å².